The van der Waals surface area contributed by atoms with E-state index in [9.17, 15) is 8.42 Å². The second-order valence-corrected chi connectivity index (χ2v) is 6.99. The van der Waals surface area contributed by atoms with E-state index in [-0.39, 0.29) is 4.66 Å². The standard InChI is InChI=1S/C10H13BrClNO2S/c1-2-13(16(14,15)8-11)7-9-4-3-5-10(12)6-9/h3-6H,2,7-8H2,1H3. The smallest absolute Gasteiger partial charge is 0.211 e. The molecule has 6 heteroatoms. The summed E-state index contributed by atoms with van der Waals surface area (Å²) in [6.07, 6.45) is 0. The molecule has 90 valence electrons. The molecule has 0 bridgehead atoms. The Bertz CT molecular complexity index is 450. The molecule has 0 atom stereocenters. The molecule has 0 heterocycles. The topological polar surface area (TPSA) is 37.4 Å². The molecule has 0 unspecified atom stereocenters. The Hall–Kier alpha value is -0.100. The van der Waals surface area contributed by atoms with Crippen molar-refractivity contribution in [3.8, 4) is 0 Å². The van der Waals surface area contributed by atoms with Crippen LogP contribution in [0.15, 0.2) is 24.3 Å². The molecule has 0 saturated heterocycles. The maximum Gasteiger partial charge on any atom is 0.224 e. The summed E-state index contributed by atoms with van der Waals surface area (Å²) in [7, 11) is -3.21. The van der Waals surface area contributed by atoms with Gasteiger partial charge in [-0.05, 0) is 17.7 Å². The van der Waals surface area contributed by atoms with Gasteiger partial charge >= 0.3 is 0 Å². The molecule has 0 N–H and O–H groups in total. The first kappa shape index (κ1) is 14.0. The number of benzene rings is 1. The van der Waals surface area contributed by atoms with Gasteiger partial charge in [-0.2, -0.15) is 4.31 Å². The van der Waals surface area contributed by atoms with Crippen molar-refractivity contribution in [2.75, 3.05) is 11.2 Å². The van der Waals surface area contributed by atoms with E-state index in [0.29, 0.717) is 18.1 Å². The first-order valence-corrected chi connectivity index (χ1v) is 7.88. The zero-order valence-electron chi connectivity index (χ0n) is 8.86. The lowest BCUT2D eigenvalue weighted by Gasteiger charge is -2.19. The van der Waals surface area contributed by atoms with Gasteiger partial charge in [0.05, 0.1) is 0 Å². The van der Waals surface area contributed by atoms with E-state index in [1.165, 1.54) is 4.31 Å². The Balaban J connectivity index is 2.87. The van der Waals surface area contributed by atoms with E-state index < -0.39 is 10.0 Å². The second kappa shape index (κ2) is 6.00. The highest BCUT2D eigenvalue weighted by Gasteiger charge is 2.18. The summed E-state index contributed by atoms with van der Waals surface area (Å²) in [6.45, 7) is 2.61. The lowest BCUT2D eigenvalue weighted by molar-refractivity contribution is 0.427. The quantitative estimate of drug-likeness (QED) is 0.780. The zero-order chi connectivity index (χ0) is 12.2. The Morgan fingerprint density at radius 3 is 2.62 bits per heavy atom. The van der Waals surface area contributed by atoms with Crippen LogP contribution in [0.25, 0.3) is 0 Å². The van der Waals surface area contributed by atoms with E-state index in [4.69, 9.17) is 11.6 Å². The molecule has 16 heavy (non-hydrogen) atoms. The summed E-state index contributed by atoms with van der Waals surface area (Å²) in [6, 6.07) is 7.21. The molecule has 1 aromatic rings. The molecule has 3 nitrogen and oxygen atoms in total. The highest BCUT2D eigenvalue weighted by Crippen LogP contribution is 2.15. The molecule has 0 aliphatic heterocycles. The van der Waals surface area contributed by atoms with Crippen molar-refractivity contribution in [1.82, 2.24) is 4.31 Å². The normalized spacial score (nSPS) is 12.0. The van der Waals surface area contributed by atoms with Crippen LogP contribution in [0.5, 0.6) is 0 Å². The molecule has 0 aliphatic rings. The van der Waals surface area contributed by atoms with Gasteiger partial charge in [0, 0.05) is 18.1 Å². The lowest BCUT2D eigenvalue weighted by Crippen LogP contribution is -2.30. The number of hydrogen-bond acceptors (Lipinski definition) is 2. The molecular formula is C10H13BrClNO2S. The monoisotopic (exact) mass is 325 g/mol. The fourth-order valence-electron chi connectivity index (χ4n) is 1.31. The van der Waals surface area contributed by atoms with Gasteiger partial charge in [0.15, 0.2) is 0 Å². The summed E-state index contributed by atoms with van der Waals surface area (Å²) in [5.74, 6) is 0. The SMILES string of the molecule is CCN(Cc1cccc(Cl)c1)S(=O)(=O)CBr. The highest BCUT2D eigenvalue weighted by molar-refractivity contribution is 9.10. The molecule has 0 radical (unpaired) electrons. The number of nitrogens with zero attached hydrogens (tertiary/aromatic N) is 1. The molecule has 0 aromatic heterocycles. The van der Waals surface area contributed by atoms with Gasteiger partial charge < -0.3 is 0 Å². The number of hydrogen-bond donors (Lipinski definition) is 0. The van der Waals surface area contributed by atoms with Gasteiger partial charge in [-0.1, -0.05) is 46.6 Å². The molecule has 0 saturated carbocycles. The van der Waals surface area contributed by atoms with Gasteiger partial charge in [0.25, 0.3) is 0 Å². The van der Waals surface area contributed by atoms with Crippen molar-refractivity contribution in [3.63, 3.8) is 0 Å². The third-order valence-corrected chi connectivity index (χ3v) is 5.55. The van der Waals surface area contributed by atoms with E-state index in [0.717, 1.165) is 5.56 Å². The average Bonchev–Trinajstić information content (AvgIpc) is 2.25. The molecule has 0 spiro atoms. The van der Waals surface area contributed by atoms with Crippen molar-refractivity contribution in [1.29, 1.82) is 0 Å². The van der Waals surface area contributed by atoms with E-state index in [2.05, 4.69) is 15.9 Å². The number of sulfonamides is 1. The van der Waals surface area contributed by atoms with E-state index in [1.54, 1.807) is 12.1 Å². The van der Waals surface area contributed by atoms with Crippen molar-refractivity contribution in [3.05, 3.63) is 34.9 Å². The van der Waals surface area contributed by atoms with Crippen LogP contribution in [0, 0.1) is 0 Å². The van der Waals surface area contributed by atoms with Crippen LogP contribution in [-0.4, -0.2) is 23.9 Å². The van der Waals surface area contributed by atoms with Crippen molar-refractivity contribution in [2.24, 2.45) is 0 Å². The van der Waals surface area contributed by atoms with Crippen LogP contribution >= 0.6 is 27.5 Å². The number of alkyl halides is 1. The number of rotatable bonds is 5. The predicted octanol–water partition coefficient (Wildman–Crippen LogP) is 2.84. The maximum atomic E-state index is 11.7. The maximum absolute atomic E-state index is 11.7. The molecule has 0 aliphatic carbocycles. The second-order valence-electron chi connectivity index (χ2n) is 3.28. The van der Waals surface area contributed by atoms with Crippen molar-refractivity contribution >= 4 is 37.6 Å². The first-order chi connectivity index (χ1) is 7.49. The average molecular weight is 327 g/mol. The Morgan fingerprint density at radius 2 is 2.12 bits per heavy atom. The van der Waals surface area contributed by atoms with E-state index >= 15 is 0 Å². The largest absolute Gasteiger partial charge is 0.224 e. The van der Waals surface area contributed by atoms with Gasteiger partial charge in [-0.25, -0.2) is 8.42 Å². The van der Waals surface area contributed by atoms with Crippen LogP contribution in [0.2, 0.25) is 5.02 Å². The molecule has 0 amide bonds. The highest BCUT2D eigenvalue weighted by atomic mass is 79.9. The summed E-state index contributed by atoms with van der Waals surface area (Å²) in [5, 5.41) is 0.616. The van der Waals surface area contributed by atoms with Crippen LogP contribution in [0.3, 0.4) is 0 Å². The van der Waals surface area contributed by atoms with E-state index in [1.807, 2.05) is 19.1 Å². The van der Waals surface area contributed by atoms with Gasteiger partial charge in [-0.3, -0.25) is 0 Å². The summed E-state index contributed by atoms with van der Waals surface area (Å²) in [4.78, 5) is 0. The summed E-state index contributed by atoms with van der Waals surface area (Å²) in [5.41, 5.74) is 0.888. The fourth-order valence-corrected chi connectivity index (χ4v) is 3.27. The van der Waals surface area contributed by atoms with Crippen molar-refractivity contribution < 1.29 is 8.42 Å². The van der Waals surface area contributed by atoms with Crippen LogP contribution in [0.1, 0.15) is 12.5 Å². The van der Waals surface area contributed by atoms with Gasteiger partial charge in [0.1, 0.15) is 4.66 Å². The number of halogens is 2. The first-order valence-electron chi connectivity index (χ1n) is 4.78. The third kappa shape index (κ3) is 3.73. The third-order valence-electron chi connectivity index (χ3n) is 2.13. The minimum absolute atomic E-state index is 0.0611. The molecule has 0 fully saturated rings. The molecule has 1 rings (SSSR count). The zero-order valence-corrected chi connectivity index (χ0v) is 12.0. The Labute approximate surface area is 110 Å². The van der Waals surface area contributed by atoms with Crippen LogP contribution in [0.4, 0.5) is 0 Å². The molecular weight excluding hydrogens is 314 g/mol. The van der Waals surface area contributed by atoms with Crippen LogP contribution in [-0.2, 0) is 16.6 Å². The predicted molar refractivity (Wildman–Crippen MR) is 70.2 cm³/mol. The van der Waals surface area contributed by atoms with Crippen molar-refractivity contribution in [2.45, 2.75) is 13.5 Å². The molecule has 1 aromatic carbocycles. The fraction of sp³-hybridized carbons (Fsp3) is 0.400. The van der Waals surface area contributed by atoms with Gasteiger partial charge in [-0.15, -0.1) is 0 Å². The van der Waals surface area contributed by atoms with Crippen LogP contribution < -0.4 is 0 Å². The minimum Gasteiger partial charge on any atom is -0.211 e. The lowest BCUT2D eigenvalue weighted by atomic mass is 10.2. The Morgan fingerprint density at radius 1 is 1.44 bits per heavy atom. The Kier molecular flexibility index (Phi) is 5.24. The van der Waals surface area contributed by atoms with Gasteiger partial charge in [0.2, 0.25) is 10.0 Å². The summed E-state index contributed by atoms with van der Waals surface area (Å²) >= 11 is 8.83. The summed E-state index contributed by atoms with van der Waals surface area (Å²) < 4.78 is 24.7. The minimum atomic E-state index is -3.21.